The molecule has 2 rings (SSSR count). The summed E-state index contributed by atoms with van der Waals surface area (Å²) in [6, 6.07) is 13.1. The second kappa shape index (κ2) is 7.11. The Kier molecular flexibility index (Phi) is 5.20. The number of nitrogens with zero attached hydrogens (tertiary/aromatic N) is 1. The third kappa shape index (κ3) is 3.75. The third-order valence-electron chi connectivity index (χ3n) is 3.04. The molecule has 0 saturated heterocycles. The van der Waals surface area contributed by atoms with Gasteiger partial charge in [-0.05, 0) is 36.4 Å². The van der Waals surface area contributed by atoms with Crippen LogP contribution >= 0.6 is 15.9 Å². The Bertz CT molecular complexity index is 680. The summed E-state index contributed by atoms with van der Waals surface area (Å²) in [4.78, 5) is 0. The van der Waals surface area contributed by atoms with E-state index in [1.807, 2.05) is 18.2 Å². The minimum Gasteiger partial charge on any atom is -0.496 e. The van der Waals surface area contributed by atoms with Gasteiger partial charge < -0.3 is 15.2 Å². The Morgan fingerprint density at radius 3 is 2.57 bits per heavy atom. The highest BCUT2D eigenvalue weighted by Crippen LogP contribution is 2.26. The van der Waals surface area contributed by atoms with Gasteiger partial charge in [0.1, 0.15) is 18.1 Å². The van der Waals surface area contributed by atoms with Gasteiger partial charge in [0.25, 0.3) is 0 Å². The maximum absolute atomic E-state index is 8.97. The number of benzene rings is 2. The molecule has 2 aromatic rings. The van der Waals surface area contributed by atoms with Crippen molar-refractivity contribution in [2.75, 3.05) is 7.11 Å². The molecule has 0 aliphatic carbocycles. The van der Waals surface area contributed by atoms with Crippen LogP contribution in [0, 0.1) is 11.3 Å². The highest BCUT2D eigenvalue weighted by Gasteiger charge is 2.08. The van der Waals surface area contributed by atoms with Crippen molar-refractivity contribution in [3.05, 3.63) is 57.6 Å². The topological polar surface area (TPSA) is 68.3 Å². The van der Waals surface area contributed by atoms with Crippen LogP contribution in [0.5, 0.6) is 11.5 Å². The number of halogens is 1. The maximum atomic E-state index is 8.97. The van der Waals surface area contributed by atoms with Crippen molar-refractivity contribution >= 4 is 15.9 Å². The van der Waals surface area contributed by atoms with Crippen molar-refractivity contribution < 1.29 is 9.47 Å². The summed E-state index contributed by atoms with van der Waals surface area (Å²) in [6.45, 7) is 0.706. The summed E-state index contributed by atoms with van der Waals surface area (Å²) < 4.78 is 12.1. The quantitative estimate of drug-likeness (QED) is 0.901. The van der Waals surface area contributed by atoms with Gasteiger partial charge >= 0.3 is 0 Å². The molecular formula is C16H15BrN2O2. The molecule has 21 heavy (non-hydrogen) atoms. The molecule has 0 amide bonds. The smallest absolute Gasteiger partial charge is 0.125 e. The van der Waals surface area contributed by atoms with Crippen LogP contribution in [0.3, 0.4) is 0 Å². The molecule has 0 aliphatic rings. The molecule has 0 aromatic heterocycles. The van der Waals surface area contributed by atoms with E-state index in [1.54, 1.807) is 25.3 Å². The first kappa shape index (κ1) is 15.4. The van der Waals surface area contributed by atoms with Crippen molar-refractivity contribution in [3.63, 3.8) is 0 Å². The zero-order chi connectivity index (χ0) is 15.2. The third-order valence-corrected chi connectivity index (χ3v) is 3.53. The Morgan fingerprint density at radius 1 is 1.14 bits per heavy atom. The van der Waals surface area contributed by atoms with Crippen LogP contribution in [0.4, 0.5) is 0 Å². The fourth-order valence-corrected chi connectivity index (χ4v) is 2.37. The lowest BCUT2D eigenvalue weighted by molar-refractivity contribution is 0.294. The maximum Gasteiger partial charge on any atom is 0.125 e. The first-order valence-corrected chi connectivity index (χ1v) is 7.15. The first-order chi connectivity index (χ1) is 10.2. The average Bonchev–Trinajstić information content (AvgIpc) is 2.53. The van der Waals surface area contributed by atoms with Crippen LogP contribution < -0.4 is 15.2 Å². The predicted molar refractivity (Wildman–Crippen MR) is 84.1 cm³/mol. The summed E-state index contributed by atoms with van der Waals surface area (Å²) in [7, 11) is 1.59. The minimum absolute atomic E-state index is 0.313. The van der Waals surface area contributed by atoms with Gasteiger partial charge in [-0.15, -0.1) is 0 Å². The second-order valence-electron chi connectivity index (χ2n) is 4.38. The van der Waals surface area contributed by atoms with Gasteiger partial charge in [0.05, 0.1) is 18.7 Å². The van der Waals surface area contributed by atoms with E-state index in [2.05, 4.69) is 22.0 Å². The van der Waals surface area contributed by atoms with Gasteiger partial charge in [0.15, 0.2) is 0 Å². The first-order valence-electron chi connectivity index (χ1n) is 6.36. The van der Waals surface area contributed by atoms with Gasteiger partial charge in [-0.1, -0.05) is 15.9 Å². The number of hydrogen-bond acceptors (Lipinski definition) is 4. The summed E-state index contributed by atoms with van der Waals surface area (Å²) in [5.41, 5.74) is 8.03. The van der Waals surface area contributed by atoms with E-state index < -0.39 is 0 Å². The molecule has 0 radical (unpaired) electrons. The van der Waals surface area contributed by atoms with E-state index in [1.165, 1.54) is 0 Å². The van der Waals surface area contributed by atoms with Crippen LogP contribution in [0.25, 0.3) is 0 Å². The number of nitriles is 1. The van der Waals surface area contributed by atoms with Crippen LogP contribution in [-0.2, 0) is 13.2 Å². The van der Waals surface area contributed by atoms with E-state index in [0.29, 0.717) is 24.5 Å². The summed E-state index contributed by atoms with van der Waals surface area (Å²) >= 11 is 3.41. The summed E-state index contributed by atoms with van der Waals surface area (Å²) in [6.07, 6.45) is 0. The fourth-order valence-electron chi connectivity index (χ4n) is 1.96. The molecule has 2 aromatic carbocycles. The van der Waals surface area contributed by atoms with Gasteiger partial charge in [-0.25, -0.2) is 0 Å². The molecule has 4 nitrogen and oxygen atoms in total. The van der Waals surface area contributed by atoms with E-state index >= 15 is 0 Å². The molecule has 5 heteroatoms. The molecule has 0 atom stereocenters. The molecule has 0 saturated carbocycles. The molecule has 0 bridgehead atoms. The van der Waals surface area contributed by atoms with E-state index in [0.717, 1.165) is 21.3 Å². The van der Waals surface area contributed by atoms with Gasteiger partial charge in [0.2, 0.25) is 0 Å². The summed E-state index contributed by atoms with van der Waals surface area (Å²) in [5, 5.41) is 8.97. The lowest BCUT2D eigenvalue weighted by Gasteiger charge is -2.13. The minimum atomic E-state index is 0.313. The van der Waals surface area contributed by atoms with Crippen LogP contribution in [-0.4, -0.2) is 7.11 Å². The van der Waals surface area contributed by atoms with E-state index in [9.17, 15) is 0 Å². The average molecular weight is 347 g/mol. The Balaban J connectivity index is 2.22. The number of ether oxygens (including phenoxy) is 2. The second-order valence-corrected chi connectivity index (χ2v) is 5.30. The van der Waals surface area contributed by atoms with Crippen molar-refractivity contribution in [2.45, 2.75) is 13.2 Å². The molecule has 108 valence electrons. The van der Waals surface area contributed by atoms with Crippen LogP contribution in [0.2, 0.25) is 0 Å². The Labute approximate surface area is 132 Å². The number of methoxy groups -OCH3 is 1. The zero-order valence-corrected chi connectivity index (χ0v) is 13.2. The highest BCUT2D eigenvalue weighted by atomic mass is 79.9. The van der Waals surface area contributed by atoms with Crippen molar-refractivity contribution in [3.8, 4) is 17.6 Å². The molecule has 0 fully saturated rings. The lowest BCUT2D eigenvalue weighted by Crippen LogP contribution is -2.04. The van der Waals surface area contributed by atoms with Gasteiger partial charge in [0, 0.05) is 22.1 Å². The van der Waals surface area contributed by atoms with Crippen LogP contribution in [0.15, 0.2) is 40.9 Å². The number of rotatable bonds is 5. The normalized spacial score (nSPS) is 10.0. The fraction of sp³-hybridized carbons (Fsp3) is 0.188. The number of nitrogens with two attached hydrogens (primary N) is 1. The lowest BCUT2D eigenvalue weighted by atomic mass is 10.1. The predicted octanol–water partition coefficient (Wildman–Crippen LogP) is 3.37. The molecule has 0 heterocycles. The standard InChI is InChI=1S/C16H15BrN2O2/c1-20-15-4-2-11(8-18)6-13(15)10-21-16-5-3-14(17)7-12(16)9-19/h2-7H,9-10,19H2,1H3. The zero-order valence-electron chi connectivity index (χ0n) is 11.6. The van der Waals surface area contributed by atoms with Gasteiger partial charge in [-0.2, -0.15) is 5.26 Å². The highest BCUT2D eigenvalue weighted by molar-refractivity contribution is 9.10. The van der Waals surface area contributed by atoms with E-state index in [4.69, 9.17) is 20.5 Å². The monoisotopic (exact) mass is 346 g/mol. The summed E-state index contributed by atoms with van der Waals surface area (Å²) in [5.74, 6) is 1.42. The van der Waals surface area contributed by atoms with E-state index in [-0.39, 0.29) is 0 Å². The largest absolute Gasteiger partial charge is 0.496 e. The Morgan fingerprint density at radius 2 is 1.90 bits per heavy atom. The number of hydrogen-bond donors (Lipinski definition) is 1. The Hall–Kier alpha value is -2.03. The molecular weight excluding hydrogens is 332 g/mol. The van der Waals surface area contributed by atoms with Crippen LogP contribution in [0.1, 0.15) is 16.7 Å². The van der Waals surface area contributed by atoms with Crippen molar-refractivity contribution in [1.82, 2.24) is 0 Å². The van der Waals surface area contributed by atoms with Gasteiger partial charge in [-0.3, -0.25) is 0 Å². The molecule has 0 spiro atoms. The molecule has 0 aliphatic heterocycles. The van der Waals surface area contributed by atoms with Crippen molar-refractivity contribution in [1.29, 1.82) is 5.26 Å². The molecule has 0 unspecified atom stereocenters. The molecule has 2 N–H and O–H groups in total. The SMILES string of the molecule is COc1ccc(C#N)cc1COc1ccc(Br)cc1CN. The van der Waals surface area contributed by atoms with Crippen molar-refractivity contribution in [2.24, 2.45) is 5.73 Å².